The van der Waals surface area contributed by atoms with Crippen LogP contribution in [0, 0.1) is 31.9 Å². The fourth-order valence-corrected chi connectivity index (χ4v) is 5.78. The van der Waals surface area contributed by atoms with Gasteiger partial charge >= 0.3 is 11.9 Å². The van der Waals surface area contributed by atoms with E-state index in [1.54, 1.807) is 72.8 Å². The Labute approximate surface area is 350 Å². The first-order chi connectivity index (χ1) is 29.7. The van der Waals surface area contributed by atoms with Gasteiger partial charge in [-0.05, 0) is 34.4 Å². The highest BCUT2D eigenvalue weighted by Gasteiger charge is 2.21. The molecular formula is C44H34F2N4O12. The third kappa shape index (κ3) is 12.2. The maximum atomic E-state index is 14.7. The van der Waals surface area contributed by atoms with Gasteiger partial charge in [-0.15, -0.1) is 0 Å². The summed E-state index contributed by atoms with van der Waals surface area (Å²) in [5.74, 6) is -5.67. The van der Waals surface area contributed by atoms with Crippen LogP contribution in [0.5, 0.6) is 11.5 Å². The van der Waals surface area contributed by atoms with Crippen molar-refractivity contribution in [1.29, 1.82) is 0 Å². The van der Waals surface area contributed by atoms with Crippen LogP contribution >= 0.6 is 0 Å². The lowest BCUT2D eigenvalue weighted by atomic mass is 10.0. The van der Waals surface area contributed by atoms with Gasteiger partial charge in [-0.1, -0.05) is 84.9 Å². The lowest BCUT2D eigenvalue weighted by Crippen LogP contribution is -2.24. The number of carbonyl (C=O) groups is 4. The molecule has 0 bridgehead atoms. The van der Waals surface area contributed by atoms with Crippen molar-refractivity contribution in [2.24, 2.45) is 0 Å². The fourth-order valence-electron chi connectivity index (χ4n) is 5.78. The van der Waals surface area contributed by atoms with Crippen molar-refractivity contribution >= 4 is 35.1 Å². The van der Waals surface area contributed by atoms with Crippen molar-refractivity contribution in [3.63, 3.8) is 0 Å². The number of carboxylic acids is 2. The highest BCUT2D eigenvalue weighted by Crippen LogP contribution is 2.32. The molecule has 0 aliphatic carbocycles. The van der Waals surface area contributed by atoms with E-state index in [2.05, 4.69) is 10.6 Å². The molecule has 0 fully saturated rings. The number of nitrogens with one attached hydrogen (secondary N) is 2. The van der Waals surface area contributed by atoms with Crippen molar-refractivity contribution < 1.29 is 57.5 Å². The number of halogens is 2. The molecule has 0 spiro atoms. The Bertz CT molecular complexity index is 2450. The number of amides is 2. The second kappa shape index (κ2) is 20.9. The largest absolute Gasteiger partial charge is 0.481 e. The van der Waals surface area contributed by atoms with Crippen LogP contribution < -0.4 is 20.1 Å². The second-order valence-corrected chi connectivity index (χ2v) is 13.0. The molecule has 0 radical (unpaired) electrons. The van der Waals surface area contributed by atoms with Crippen molar-refractivity contribution in [2.75, 3.05) is 13.2 Å². The van der Waals surface area contributed by atoms with E-state index in [1.165, 1.54) is 48.5 Å². The van der Waals surface area contributed by atoms with Crippen molar-refractivity contribution in [3.05, 3.63) is 188 Å². The zero-order chi connectivity index (χ0) is 44.8. The van der Waals surface area contributed by atoms with Crippen molar-refractivity contribution in [1.82, 2.24) is 10.6 Å². The summed E-state index contributed by atoms with van der Waals surface area (Å²) in [4.78, 5) is 68.0. The van der Waals surface area contributed by atoms with E-state index >= 15 is 0 Å². The van der Waals surface area contributed by atoms with E-state index in [0.29, 0.717) is 22.3 Å². The quantitative estimate of drug-likeness (QED) is 0.0544. The van der Waals surface area contributed by atoms with Gasteiger partial charge in [0.25, 0.3) is 23.2 Å². The number of ether oxygens (including phenoxy) is 2. The van der Waals surface area contributed by atoms with Crippen LogP contribution in [0.2, 0.25) is 0 Å². The van der Waals surface area contributed by atoms with E-state index in [0.717, 1.165) is 12.1 Å². The molecule has 6 aromatic carbocycles. The minimum atomic E-state index is -1.28. The first-order valence-corrected chi connectivity index (χ1v) is 18.2. The van der Waals surface area contributed by atoms with Gasteiger partial charge in [0.2, 0.25) is 0 Å². The lowest BCUT2D eigenvalue weighted by Gasteiger charge is -2.14. The molecule has 0 unspecified atom stereocenters. The molecule has 0 atom stereocenters. The molecule has 0 saturated carbocycles. The summed E-state index contributed by atoms with van der Waals surface area (Å²) in [5, 5.41) is 44.7. The van der Waals surface area contributed by atoms with Gasteiger partial charge in [-0.2, -0.15) is 0 Å². The Morgan fingerprint density at radius 1 is 0.532 bits per heavy atom. The summed E-state index contributed by atoms with van der Waals surface area (Å²) < 4.78 is 39.5. The third-order valence-electron chi connectivity index (χ3n) is 8.65. The number of carboxylic acid groups (broad SMARTS) is 2. The van der Waals surface area contributed by atoms with Gasteiger partial charge in [0.15, 0.2) is 13.2 Å². The first kappa shape index (κ1) is 44.6. The summed E-state index contributed by atoms with van der Waals surface area (Å²) in [6, 6.07) is 33.0. The second-order valence-electron chi connectivity index (χ2n) is 13.0. The lowest BCUT2D eigenvalue weighted by molar-refractivity contribution is -0.385. The monoisotopic (exact) mass is 848 g/mol. The zero-order valence-electron chi connectivity index (χ0n) is 32.2. The normalized spacial score (nSPS) is 10.4. The first-order valence-electron chi connectivity index (χ1n) is 18.2. The summed E-state index contributed by atoms with van der Waals surface area (Å²) >= 11 is 0. The Balaban J connectivity index is 0.000000234. The fraction of sp³-hybridized carbons (Fsp3) is 0.0909. The molecule has 316 valence electrons. The number of aliphatic carboxylic acids is 2. The Kier molecular flexibility index (Phi) is 15.0. The molecule has 0 heterocycles. The molecule has 0 aliphatic heterocycles. The summed E-state index contributed by atoms with van der Waals surface area (Å²) in [6.07, 6.45) is 0. The highest BCUT2D eigenvalue weighted by molar-refractivity contribution is 5.99. The van der Waals surface area contributed by atoms with E-state index in [-0.39, 0.29) is 58.2 Å². The number of nitro groups is 2. The number of carbonyl (C=O) groups excluding carboxylic acids is 2. The molecule has 0 saturated heterocycles. The maximum absolute atomic E-state index is 14.7. The number of rotatable bonds is 16. The average Bonchev–Trinajstić information content (AvgIpc) is 3.27. The van der Waals surface area contributed by atoms with Crippen LogP contribution in [0.1, 0.15) is 31.8 Å². The molecular weight excluding hydrogens is 814 g/mol. The molecule has 18 heteroatoms. The summed E-state index contributed by atoms with van der Waals surface area (Å²) in [5.41, 5.74) is 1.94. The summed E-state index contributed by atoms with van der Waals surface area (Å²) in [6.45, 7) is -1.57. The van der Waals surface area contributed by atoms with Gasteiger partial charge in [0, 0.05) is 60.6 Å². The van der Waals surface area contributed by atoms with Crippen LogP contribution in [0.25, 0.3) is 22.3 Å². The predicted molar refractivity (Wildman–Crippen MR) is 218 cm³/mol. The summed E-state index contributed by atoms with van der Waals surface area (Å²) in [7, 11) is 0. The van der Waals surface area contributed by atoms with E-state index in [4.69, 9.17) is 19.7 Å². The van der Waals surface area contributed by atoms with Gasteiger partial charge in [0.05, 0.1) is 21.0 Å². The number of hydrogen-bond acceptors (Lipinski definition) is 10. The molecule has 0 aromatic heterocycles. The number of benzene rings is 6. The molecule has 16 nitrogen and oxygen atoms in total. The van der Waals surface area contributed by atoms with Crippen LogP contribution in [0.3, 0.4) is 0 Å². The highest BCUT2D eigenvalue weighted by atomic mass is 19.1. The Hall–Kier alpha value is -8.54. The standard InChI is InChI=1S/2C22H17FN2O6/c2*23-19-11-20(31-13-21(26)27)18(10-17(19)15-6-2-1-3-7-15)22(28)24-12-14-5-4-8-16(9-14)25(29)30/h2*1-11H,12-13H2,(H,24,28)(H,26,27). The van der Waals surface area contributed by atoms with E-state index < -0.39 is 58.4 Å². The molecule has 4 N–H and O–H groups in total. The van der Waals surface area contributed by atoms with Crippen LogP contribution in [-0.2, 0) is 22.7 Å². The molecule has 6 aromatic rings. The topological polar surface area (TPSA) is 238 Å². The molecule has 0 aliphatic rings. The van der Waals surface area contributed by atoms with Crippen LogP contribution in [0.4, 0.5) is 20.2 Å². The SMILES string of the molecule is O=C(O)COc1cc(F)c(-c2ccccc2)cc1C(=O)NCc1cccc([N+](=O)[O-])c1.O=C(O)COc1cc(F)c(-c2ccccc2)cc1C(=O)NCc1cccc([N+](=O)[O-])c1. The molecule has 62 heavy (non-hydrogen) atoms. The van der Waals surface area contributed by atoms with Gasteiger partial charge in [-0.25, -0.2) is 18.4 Å². The molecule has 2 amide bonds. The Morgan fingerprint density at radius 3 is 1.24 bits per heavy atom. The number of non-ortho nitro benzene ring substituents is 2. The van der Waals surface area contributed by atoms with Crippen LogP contribution in [-0.4, -0.2) is 57.0 Å². The average molecular weight is 849 g/mol. The third-order valence-corrected chi connectivity index (χ3v) is 8.65. The smallest absolute Gasteiger partial charge is 0.341 e. The minimum absolute atomic E-state index is 0.0308. The minimum Gasteiger partial charge on any atom is -0.481 e. The Morgan fingerprint density at radius 2 is 0.903 bits per heavy atom. The maximum Gasteiger partial charge on any atom is 0.341 e. The predicted octanol–water partition coefficient (Wildman–Crippen LogP) is 7.59. The van der Waals surface area contributed by atoms with Crippen LogP contribution in [0.15, 0.2) is 133 Å². The van der Waals surface area contributed by atoms with Gasteiger partial charge in [-0.3, -0.25) is 29.8 Å². The van der Waals surface area contributed by atoms with Crippen molar-refractivity contribution in [3.8, 4) is 33.8 Å². The van der Waals surface area contributed by atoms with Gasteiger partial charge < -0.3 is 30.3 Å². The van der Waals surface area contributed by atoms with Crippen molar-refractivity contribution in [2.45, 2.75) is 13.1 Å². The van der Waals surface area contributed by atoms with Gasteiger partial charge in [0.1, 0.15) is 23.1 Å². The van der Waals surface area contributed by atoms with E-state index in [1.807, 2.05) is 0 Å². The number of nitrogens with zero attached hydrogens (tertiary/aromatic N) is 2. The number of nitro benzene ring substituents is 2. The number of hydrogen-bond donors (Lipinski definition) is 4. The molecule has 6 rings (SSSR count). The zero-order valence-corrected chi connectivity index (χ0v) is 32.2. The van der Waals surface area contributed by atoms with E-state index in [9.17, 15) is 48.2 Å².